The van der Waals surface area contributed by atoms with Gasteiger partial charge >= 0.3 is 0 Å². The molecule has 0 aliphatic rings. The van der Waals surface area contributed by atoms with E-state index in [0.717, 1.165) is 24.0 Å². The fourth-order valence-corrected chi connectivity index (χ4v) is 9.08. The summed E-state index contributed by atoms with van der Waals surface area (Å²) in [6, 6.07) is 13.2. The Morgan fingerprint density at radius 3 is 1.22 bits per heavy atom. The maximum absolute atomic E-state index is 13.0. The molecule has 2 aromatic rings. The summed E-state index contributed by atoms with van der Waals surface area (Å²) >= 11 is 0. The minimum Gasteiger partial charge on any atom is -0.207 e. The van der Waals surface area contributed by atoms with Crippen LogP contribution in [0.5, 0.6) is 0 Å². The van der Waals surface area contributed by atoms with Crippen LogP contribution in [0.25, 0.3) is 0 Å². The standard InChI is InChI=1S/C26H40N2O4S4/c1-7-21(5)25(27-35(29,30)23-13-9-19(3)10-14-23)17-33-34-18-26(22(6)8-2)28-36(31,32)24-15-11-20(4)12-16-24/h9-16,21-22,25-28H,7-8,17-18H2,1-6H3/t21-,22-,25+,26+/m0/s1. The molecule has 0 aliphatic carbocycles. The van der Waals surface area contributed by atoms with Gasteiger partial charge in [-0.3, -0.25) is 0 Å². The molecule has 0 heterocycles. The zero-order valence-electron chi connectivity index (χ0n) is 22.0. The normalized spacial score (nSPS) is 15.8. The molecule has 0 spiro atoms. The highest BCUT2D eigenvalue weighted by Crippen LogP contribution is 2.29. The van der Waals surface area contributed by atoms with Crippen LogP contribution in [-0.2, 0) is 20.0 Å². The Labute approximate surface area is 226 Å². The predicted molar refractivity (Wildman–Crippen MR) is 154 cm³/mol. The smallest absolute Gasteiger partial charge is 0.207 e. The quantitative estimate of drug-likeness (QED) is 0.208. The highest BCUT2D eigenvalue weighted by atomic mass is 33.1. The second-order valence-corrected chi connectivity index (χ2v) is 15.4. The first-order chi connectivity index (χ1) is 16.9. The third kappa shape index (κ3) is 9.36. The zero-order valence-corrected chi connectivity index (χ0v) is 25.3. The van der Waals surface area contributed by atoms with Crippen LogP contribution in [-0.4, -0.2) is 40.4 Å². The third-order valence-corrected chi connectivity index (χ3v) is 12.0. The third-order valence-electron chi connectivity index (χ3n) is 6.52. The first-order valence-corrected chi connectivity index (χ1v) is 17.8. The SMILES string of the molecule is CC[C@H](C)[C@@H](CSSC[C@@H](NS(=O)(=O)c1ccc(C)cc1)[C@@H](C)CC)NS(=O)(=O)c1ccc(C)cc1. The van der Waals surface area contributed by atoms with Crippen molar-refractivity contribution >= 4 is 41.6 Å². The summed E-state index contributed by atoms with van der Waals surface area (Å²) in [7, 11) is -4.09. The van der Waals surface area contributed by atoms with E-state index in [2.05, 4.69) is 23.3 Å². The van der Waals surface area contributed by atoms with Gasteiger partial charge in [-0.05, 0) is 49.9 Å². The highest BCUT2D eigenvalue weighted by molar-refractivity contribution is 8.76. The van der Waals surface area contributed by atoms with Gasteiger partial charge in [0.05, 0.1) is 9.79 Å². The molecule has 0 aromatic heterocycles. The van der Waals surface area contributed by atoms with E-state index in [-0.39, 0.29) is 33.7 Å². The topological polar surface area (TPSA) is 92.3 Å². The first-order valence-electron chi connectivity index (χ1n) is 12.3. The summed E-state index contributed by atoms with van der Waals surface area (Å²) in [4.78, 5) is 0.530. The van der Waals surface area contributed by atoms with Crippen LogP contribution in [0, 0.1) is 25.7 Å². The number of sulfonamides is 2. The highest BCUT2D eigenvalue weighted by Gasteiger charge is 2.26. The summed E-state index contributed by atoms with van der Waals surface area (Å²) in [5.74, 6) is 1.48. The Kier molecular flexibility index (Phi) is 12.3. The average Bonchev–Trinajstić information content (AvgIpc) is 2.84. The largest absolute Gasteiger partial charge is 0.240 e. The number of benzene rings is 2. The molecule has 0 saturated carbocycles. The molecule has 4 atom stereocenters. The van der Waals surface area contributed by atoms with Crippen molar-refractivity contribution in [2.75, 3.05) is 11.5 Å². The molecule has 10 heteroatoms. The van der Waals surface area contributed by atoms with E-state index in [9.17, 15) is 16.8 Å². The molecule has 0 bridgehead atoms. The van der Waals surface area contributed by atoms with Crippen molar-refractivity contribution in [2.45, 2.75) is 76.3 Å². The lowest BCUT2D eigenvalue weighted by Gasteiger charge is -2.26. The minimum absolute atomic E-state index is 0.156. The lowest BCUT2D eigenvalue weighted by atomic mass is 10.0. The van der Waals surface area contributed by atoms with Gasteiger partial charge in [-0.1, -0.05) is 97.5 Å². The molecule has 2 rings (SSSR count). The van der Waals surface area contributed by atoms with Gasteiger partial charge in [0, 0.05) is 23.6 Å². The van der Waals surface area contributed by atoms with Crippen molar-refractivity contribution < 1.29 is 16.8 Å². The summed E-state index contributed by atoms with van der Waals surface area (Å²) in [6.45, 7) is 12.0. The second-order valence-electron chi connectivity index (χ2n) is 9.42. The lowest BCUT2D eigenvalue weighted by Crippen LogP contribution is -2.41. The van der Waals surface area contributed by atoms with E-state index < -0.39 is 20.0 Å². The number of aryl methyl sites for hydroxylation is 2. The van der Waals surface area contributed by atoms with Crippen LogP contribution < -0.4 is 9.44 Å². The van der Waals surface area contributed by atoms with Crippen molar-refractivity contribution in [2.24, 2.45) is 11.8 Å². The fourth-order valence-electron chi connectivity index (χ4n) is 3.41. The number of rotatable bonds is 15. The van der Waals surface area contributed by atoms with Gasteiger partial charge in [0.15, 0.2) is 0 Å². The molecular formula is C26H40N2O4S4. The van der Waals surface area contributed by atoms with E-state index in [1.54, 1.807) is 70.1 Å². The van der Waals surface area contributed by atoms with Crippen LogP contribution >= 0.6 is 21.6 Å². The molecule has 2 N–H and O–H groups in total. The van der Waals surface area contributed by atoms with Gasteiger partial charge in [0.2, 0.25) is 20.0 Å². The number of hydrogen-bond donors (Lipinski definition) is 2. The molecule has 0 fully saturated rings. The van der Waals surface area contributed by atoms with Gasteiger partial charge in [0.25, 0.3) is 0 Å². The molecule has 0 radical (unpaired) electrons. The summed E-state index contributed by atoms with van der Waals surface area (Å²) in [6.07, 6.45) is 1.69. The number of nitrogens with one attached hydrogen (secondary N) is 2. The van der Waals surface area contributed by atoms with Crippen molar-refractivity contribution in [1.29, 1.82) is 0 Å². The van der Waals surface area contributed by atoms with Gasteiger partial charge in [0.1, 0.15) is 0 Å². The molecule has 36 heavy (non-hydrogen) atoms. The van der Waals surface area contributed by atoms with E-state index in [1.807, 2.05) is 27.7 Å². The molecule has 6 nitrogen and oxygen atoms in total. The van der Waals surface area contributed by atoms with Crippen molar-refractivity contribution in [3.63, 3.8) is 0 Å². The first kappa shape index (κ1) is 31.2. The van der Waals surface area contributed by atoms with Gasteiger partial charge in [-0.15, -0.1) is 0 Å². The molecule has 0 amide bonds. The Morgan fingerprint density at radius 2 is 0.944 bits per heavy atom. The van der Waals surface area contributed by atoms with Gasteiger partial charge in [-0.2, -0.15) is 0 Å². The molecule has 0 saturated heterocycles. The molecule has 2 aromatic carbocycles. The van der Waals surface area contributed by atoms with E-state index in [0.29, 0.717) is 11.5 Å². The van der Waals surface area contributed by atoms with E-state index in [4.69, 9.17) is 0 Å². The average molecular weight is 573 g/mol. The fraction of sp³-hybridized carbons (Fsp3) is 0.538. The van der Waals surface area contributed by atoms with E-state index >= 15 is 0 Å². The predicted octanol–water partition coefficient (Wildman–Crippen LogP) is 5.77. The monoisotopic (exact) mass is 572 g/mol. The molecule has 202 valence electrons. The Morgan fingerprint density at radius 1 is 0.639 bits per heavy atom. The summed E-state index contributed by atoms with van der Waals surface area (Å²) in [5, 5.41) is 0. The lowest BCUT2D eigenvalue weighted by molar-refractivity contribution is 0.438. The van der Waals surface area contributed by atoms with Crippen molar-refractivity contribution in [3.8, 4) is 0 Å². The maximum atomic E-state index is 13.0. The Balaban J connectivity index is 2.02. The van der Waals surface area contributed by atoms with Crippen LogP contribution in [0.2, 0.25) is 0 Å². The van der Waals surface area contributed by atoms with Crippen molar-refractivity contribution in [1.82, 2.24) is 9.44 Å². The van der Waals surface area contributed by atoms with Crippen LogP contribution in [0.4, 0.5) is 0 Å². The zero-order chi connectivity index (χ0) is 26.9. The van der Waals surface area contributed by atoms with E-state index in [1.165, 1.54) is 0 Å². The Bertz CT molecular complexity index is 1060. The minimum atomic E-state index is -3.62. The van der Waals surface area contributed by atoms with Crippen LogP contribution in [0.1, 0.15) is 51.7 Å². The van der Waals surface area contributed by atoms with Gasteiger partial charge in [-0.25, -0.2) is 26.3 Å². The summed E-state index contributed by atoms with van der Waals surface area (Å²) in [5.41, 5.74) is 2.02. The molecular weight excluding hydrogens is 533 g/mol. The van der Waals surface area contributed by atoms with Crippen LogP contribution in [0.15, 0.2) is 58.3 Å². The van der Waals surface area contributed by atoms with Crippen molar-refractivity contribution in [3.05, 3.63) is 59.7 Å². The molecule has 0 unspecified atom stereocenters. The second kappa shape index (κ2) is 14.2. The number of hydrogen-bond acceptors (Lipinski definition) is 6. The Hall–Kier alpha value is -1.04. The maximum Gasteiger partial charge on any atom is 0.240 e. The van der Waals surface area contributed by atoms with Gasteiger partial charge < -0.3 is 0 Å². The summed E-state index contributed by atoms with van der Waals surface area (Å²) < 4.78 is 57.6. The van der Waals surface area contributed by atoms with Crippen LogP contribution in [0.3, 0.4) is 0 Å². The molecule has 0 aliphatic heterocycles.